The fourth-order valence-electron chi connectivity index (χ4n) is 1.23. The van der Waals surface area contributed by atoms with E-state index >= 15 is 0 Å². The van der Waals surface area contributed by atoms with E-state index in [0.29, 0.717) is 5.56 Å². The highest BCUT2D eigenvalue weighted by Crippen LogP contribution is 2.25. The van der Waals surface area contributed by atoms with Gasteiger partial charge in [-0.15, -0.1) is 0 Å². The molecule has 0 saturated carbocycles. The zero-order valence-electron chi connectivity index (χ0n) is 8.54. The van der Waals surface area contributed by atoms with Crippen molar-refractivity contribution >= 4 is 37.8 Å². The molecule has 84 valence electrons. The fraction of sp³-hybridized carbons (Fsp3) is 0.273. The summed E-state index contributed by atoms with van der Waals surface area (Å²) in [6, 6.07) is 7.24. The van der Waals surface area contributed by atoms with Crippen molar-refractivity contribution in [1.82, 2.24) is 0 Å². The zero-order chi connectivity index (χ0) is 12.1. The maximum absolute atomic E-state index is 11.5. The number of halogens is 2. The van der Waals surface area contributed by atoms with E-state index in [0.717, 1.165) is 8.95 Å². The molecular formula is C11H9Br2NO2. The highest BCUT2D eigenvalue weighted by atomic mass is 79.9. The van der Waals surface area contributed by atoms with E-state index < -0.39 is 11.9 Å². The third kappa shape index (κ3) is 3.32. The maximum atomic E-state index is 11.5. The predicted molar refractivity (Wildman–Crippen MR) is 66.8 cm³/mol. The first-order valence-electron chi connectivity index (χ1n) is 4.60. The number of benzene rings is 1. The van der Waals surface area contributed by atoms with Crippen LogP contribution in [0.3, 0.4) is 0 Å². The molecule has 0 aliphatic rings. The van der Waals surface area contributed by atoms with Crippen LogP contribution in [0.1, 0.15) is 18.4 Å². The van der Waals surface area contributed by atoms with Crippen LogP contribution in [0.2, 0.25) is 0 Å². The molecule has 0 bridgehead atoms. The van der Waals surface area contributed by atoms with Gasteiger partial charge in [-0.05, 0) is 30.7 Å². The van der Waals surface area contributed by atoms with Gasteiger partial charge in [0.1, 0.15) is 0 Å². The van der Waals surface area contributed by atoms with E-state index in [1.165, 1.54) is 0 Å². The minimum Gasteiger partial charge on any atom is -0.465 e. The molecule has 0 heterocycles. The molecule has 5 heteroatoms. The Balaban J connectivity index is 3.05. The molecule has 0 N–H and O–H groups in total. The summed E-state index contributed by atoms with van der Waals surface area (Å²) in [5, 5.41) is 8.98. The number of nitrogens with zero attached hydrogens (tertiary/aromatic N) is 1. The first-order chi connectivity index (χ1) is 7.58. The second kappa shape index (κ2) is 6.02. The van der Waals surface area contributed by atoms with E-state index in [2.05, 4.69) is 31.9 Å². The molecule has 0 aliphatic carbocycles. The number of hydrogen-bond donors (Lipinski definition) is 0. The highest BCUT2D eigenvalue weighted by molar-refractivity contribution is 9.11. The molecule has 1 unspecified atom stereocenters. The van der Waals surface area contributed by atoms with Crippen LogP contribution in [-0.4, -0.2) is 12.6 Å². The molecule has 0 aliphatic heterocycles. The summed E-state index contributed by atoms with van der Waals surface area (Å²) < 4.78 is 6.45. The largest absolute Gasteiger partial charge is 0.465 e. The number of hydrogen-bond acceptors (Lipinski definition) is 3. The van der Waals surface area contributed by atoms with Crippen LogP contribution in [0.15, 0.2) is 27.1 Å². The lowest BCUT2D eigenvalue weighted by molar-refractivity contribution is -0.143. The molecule has 0 saturated heterocycles. The lowest BCUT2D eigenvalue weighted by Crippen LogP contribution is -2.14. The van der Waals surface area contributed by atoms with Gasteiger partial charge in [0.15, 0.2) is 5.92 Å². The van der Waals surface area contributed by atoms with Crippen LogP contribution in [0, 0.1) is 11.3 Å². The van der Waals surface area contributed by atoms with Gasteiger partial charge >= 0.3 is 5.97 Å². The Morgan fingerprint density at radius 2 is 2.00 bits per heavy atom. The molecular weight excluding hydrogens is 338 g/mol. The zero-order valence-corrected chi connectivity index (χ0v) is 11.7. The van der Waals surface area contributed by atoms with Gasteiger partial charge in [0, 0.05) is 8.95 Å². The monoisotopic (exact) mass is 345 g/mol. The molecule has 0 aromatic heterocycles. The van der Waals surface area contributed by atoms with Crippen LogP contribution >= 0.6 is 31.9 Å². The summed E-state index contributed by atoms with van der Waals surface area (Å²) in [5.41, 5.74) is 0.613. The van der Waals surface area contributed by atoms with E-state index in [1.54, 1.807) is 19.1 Å². The third-order valence-electron chi connectivity index (χ3n) is 1.87. The number of carbonyl (C=O) groups is 1. The normalized spacial score (nSPS) is 11.6. The van der Waals surface area contributed by atoms with Crippen LogP contribution in [0.4, 0.5) is 0 Å². The van der Waals surface area contributed by atoms with Gasteiger partial charge in [-0.25, -0.2) is 0 Å². The van der Waals surface area contributed by atoms with Gasteiger partial charge < -0.3 is 4.74 Å². The van der Waals surface area contributed by atoms with Gasteiger partial charge in [-0.1, -0.05) is 31.9 Å². The Labute approximate surface area is 111 Å². The van der Waals surface area contributed by atoms with Crippen molar-refractivity contribution in [2.75, 3.05) is 6.61 Å². The van der Waals surface area contributed by atoms with Gasteiger partial charge in [0.05, 0.1) is 12.7 Å². The molecule has 0 fully saturated rings. The average Bonchev–Trinajstić information content (AvgIpc) is 2.17. The molecule has 1 rings (SSSR count). The summed E-state index contributed by atoms with van der Waals surface area (Å²) in [6.07, 6.45) is 0. The van der Waals surface area contributed by atoms with Gasteiger partial charge in [-0.2, -0.15) is 5.26 Å². The van der Waals surface area contributed by atoms with Gasteiger partial charge in [0.25, 0.3) is 0 Å². The van der Waals surface area contributed by atoms with Gasteiger partial charge in [-0.3, -0.25) is 4.79 Å². The Morgan fingerprint density at radius 3 is 2.44 bits per heavy atom. The molecule has 16 heavy (non-hydrogen) atoms. The number of ether oxygens (including phenoxy) is 1. The van der Waals surface area contributed by atoms with E-state index in [9.17, 15) is 4.79 Å². The Kier molecular flexibility index (Phi) is 4.97. The molecule has 1 aromatic rings. The van der Waals surface area contributed by atoms with Crippen molar-refractivity contribution in [2.45, 2.75) is 12.8 Å². The topological polar surface area (TPSA) is 50.1 Å². The summed E-state index contributed by atoms with van der Waals surface area (Å²) in [7, 11) is 0. The predicted octanol–water partition coefficient (Wildman–Crippen LogP) is 3.38. The minimum absolute atomic E-state index is 0.270. The first kappa shape index (κ1) is 13.2. The Bertz CT molecular complexity index is 420. The van der Waals surface area contributed by atoms with Crippen LogP contribution in [0.5, 0.6) is 0 Å². The molecule has 1 atom stereocenters. The molecule has 0 spiro atoms. The first-order valence-corrected chi connectivity index (χ1v) is 6.19. The minimum atomic E-state index is -0.881. The summed E-state index contributed by atoms with van der Waals surface area (Å²) in [5.74, 6) is -1.40. The van der Waals surface area contributed by atoms with Crippen LogP contribution in [-0.2, 0) is 9.53 Å². The molecule has 1 aromatic carbocycles. The molecule has 3 nitrogen and oxygen atoms in total. The standard InChI is InChI=1S/C11H9Br2NO2/c1-2-16-11(15)10(6-14)7-3-8(12)5-9(13)4-7/h3-5,10H,2H2,1H3. The van der Waals surface area contributed by atoms with Crippen LogP contribution in [0.25, 0.3) is 0 Å². The van der Waals surface area contributed by atoms with Crippen molar-refractivity contribution in [2.24, 2.45) is 0 Å². The Morgan fingerprint density at radius 1 is 1.44 bits per heavy atom. The maximum Gasteiger partial charge on any atom is 0.327 e. The van der Waals surface area contributed by atoms with E-state index in [1.807, 2.05) is 12.1 Å². The van der Waals surface area contributed by atoms with Crippen molar-refractivity contribution in [3.8, 4) is 6.07 Å². The summed E-state index contributed by atoms with van der Waals surface area (Å²) in [6.45, 7) is 1.98. The SMILES string of the molecule is CCOC(=O)C(C#N)c1cc(Br)cc(Br)c1. The van der Waals surface area contributed by atoms with Gasteiger partial charge in [0.2, 0.25) is 0 Å². The van der Waals surface area contributed by atoms with E-state index in [-0.39, 0.29) is 6.61 Å². The molecule has 0 amide bonds. The van der Waals surface area contributed by atoms with E-state index in [4.69, 9.17) is 10.00 Å². The van der Waals surface area contributed by atoms with Crippen LogP contribution < -0.4 is 0 Å². The average molecular weight is 347 g/mol. The number of esters is 1. The second-order valence-electron chi connectivity index (χ2n) is 3.02. The highest BCUT2D eigenvalue weighted by Gasteiger charge is 2.22. The quantitative estimate of drug-likeness (QED) is 0.788. The van der Waals surface area contributed by atoms with Crippen molar-refractivity contribution in [3.63, 3.8) is 0 Å². The fourth-order valence-corrected chi connectivity index (χ4v) is 2.56. The van der Waals surface area contributed by atoms with Crippen molar-refractivity contribution in [1.29, 1.82) is 5.26 Å². The van der Waals surface area contributed by atoms with Crippen molar-refractivity contribution in [3.05, 3.63) is 32.7 Å². The number of nitriles is 1. The molecule has 0 radical (unpaired) electrons. The number of rotatable bonds is 3. The second-order valence-corrected chi connectivity index (χ2v) is 4.85. The summed E-state index contributed by atoms with van der Waals surface area (Å²) >= 11 is 6.61. The number of carbonyl (C=O) groups excluding carboxylic acids is 1. The lowest BCUT2D eigenvalue weighted by atomic mass is 10.0. The summed E-state index contributed by atoms with van der Waals surface area (Å²) in [4.78, 5) is 11.5. The Hall–Kier alpha value is -0.860. The smallest absolute Gasteiger partial charge is 0.327 e. The third-order valence-corrected chi connectivity index (χ3v) is 2.79. The van der Waals surface area contributed by atoms with Crippen molar-refractivity contribution < 1.29 is 9.53 Å². The lowest BCUT2D eigenvalue weighted by Gasteiger charge is -2.09.